The van der Waals surface area contributed by atoms with Gasteiger partial charge in [-0.3, -0.25) is 0 Å². The van der Waals surface area contributed by atoms with Crippen LogP contribution in [0.3, 0.4) is 0 Å². The van der Waals surface area contributed by atoms with Gasteiger partial charge in [-0.1, -0.05) is 26.3 Å². The van der Waals surface area contributed by atoms with Crippen LogP contribution in [0.1, 0.15) is 20.3 Å². The third-order valence-electron chi connectivity index (χ3n) is 2.11. The third-order valence-corrected chi connectivity index (χ3v) is 2.11. The van der Waals surface area contributed by atoms with Crippen molar-refractivity contribution in [2.24, 2.45) is 11.8 Å². The minimum atomic E-state index is 0.637. The summed E-state index contributed by atoms with van der Waals surface area (Å²) in [6.45, 7) is 9.33. The molecule has 0 aliphatic heterocycles. The topological polar surface area (TPSA) is 12.0 Å². The van der Waals surface area contributed by atoms with Gasteiger partial charge in [-0.25, -0.2) is 0 Å². The first-order chi connectivity index (χ1) is 4.76. The van der Waals surface area contributed by atoms with E-state index in [1.807, 2.05) is 13.1 Å². The lowest BCUT2D eigenvalue weighted by atomic mass is 9.92. The van der Waals surface area contributed by atoms with Crippen LogP contribution < -0.4 is 5.32 Å². The Morgan fingerprint density at radius 1 is 1.60 bits per heavy atom. The molecular formula is C9H19N. The molecular weight excluding hydrogens is 122 g/mol. The summed E-state index contributed by atoms with van der Waals surface area (Å²) in [5.41, 5.74) is 0. The molecule has 1 heteroatoms. The van der Waals surface area contributed by atoms with Crippen LogP contribution in [0, 0.1) is 11.8 Å². The molecule has 2 atom stereocenters. The third kappa shape index (κ3) is 3.02. The highest BCUT2D eigenvalue weighted by Gasteiger charge is 2.09. The van der Waals surface area contributed by atoms with Crippen LogP contribution in [0.5, 0.6) is 0 Å². The summed E-state index contributed by atoms with van der Waals surface area (Å²) in [6.07, 6.45) is 3.26. The zero-order chi connectivity index (χ0) is 7.98. The highest BCUT2D eigenvalue weighted by atomic mass is 14.8. The van der Waals surface area contributed by atoms with Gasteiger partial charge in [0.1, 0.15) is 0 Å². The Balaban J connectivity index is 3.67. The number of hydrogen-bond acceptors (Lipinski definition) is 1. The van der Waals surface area contributed by atoms with Crippen molar-refractivity contribution >= 4 is 0 Å². The van der Waals surface area contributed by atoms with E-state index >= 15 is 0 Å². The summed E-state index contributed by atoms with van der Waals surface area (Å²) in [6, 6.07) is 0. The van der Waals surface area contributed by atoms with Crippen molar-refractivity contribution in [3.8, 4) is 0 Å². The first-order valence-corrected chi connectivity index (χ1v) is 4.03. The van der Waals surface area contributed by atoms with Crippen molar-refractivity contribution in [2.45, 2.75) is 20.3 Å². The van der Waals surface area contributed by atoms with Crippen LogP contribution in [0.4, 0.5) is 0 Å². The highest BCUT2D eigenvalue weighted by Crippen LogP contribution is 2.14. The molecule has 0 aromatic rings. The zero-order valence-electron chi connectivity index (χ0n) is 7.35. The second-order valence-electron chi connectivity index (χ2n) is 2.82. The molecule has 0 aromatic carbocycles. The van der Waals surface area contributed by atoms with Gasteiger partial charge in [-0.05, 0) is 25.4 Å². The number of hydrogen-bond donors (Lipinski definition) is 1. The van der Waals surface area contributed by atoms with Crippen molar-refractivity contribution in [3.63, 3.8) is 0 Å². The SMILES string of the molecule is C=CC(C)C(CC)CNC. The molecule has 0 aromatic heterocycles. The normalized spacial score (nSPS) is 16.3. The van der Waals surface area contributed by atoms with E-state index in [0.717, 1.165) is 12.5 Å². The Morgan fingerprint density at radius 3 is 2.50 bits per heavy atom. The van der Waals surface area contributed by atoms with Crippen LogP contribution in [0.25, 0.3) is 0 Å². The summed E-state index contributed by atoms with van der Waals surface area (Å²) >= 11 is 0. The molecule has 0 aliphatic rings. The molecule has 1 nitrogen and oxygen atoms in total. The van der Waals surface area contributed by atoms with E-state index in [-0.39, 0.29) is 0 Å². The van der Waals surface area contributed by atoms with E-state index in [0.29, 0.717) is 5.92 Å². The lowest BCUT2D eigenvalue weighted by Gasteiger charge is -2.18. The zero-order valence-corrected chi connectivity index (χ0v) is 7.35. The summed E-state index contributed by atoms with van der Waals surface area (Å²) in [5.74, 6) is 1.39. The smallest absolute Gasteiger partial charge is 0.00181 e. The molecule has 0 saturated carbocycles. The van der Waals surface area contributed by atoms with E-state index in [1.165, 1.54) is 6.42 Å². The lowest BCUT2D eigenvalue weighted by molar-refractivity contribution is 0.394. The van der Waals surface area contributed by atoms with Crippen molar-refractivity contribution in [1.82, 2.24) is 5.32 Å². The molecule has 60 valence electrons. The molecule has 0 radical (unpaired) electrons. The minimum absolute atomic E-state index is 0.637. The first-order valence-electron chi connectivity index (χ1n) is 4.03. The predicted molar refractivity (Wildman–Crippen MR) is 47.1 cm³/mol. The van der Waals surface area contributed by atoms with E-state index in [4.69, 9.17) is 0 Å². The second kappa shape index (κ2) is 5.48. The molecule has 0 rings (SSSR count). The standard InChI is InChI=1S/C9H19N/c1-5-8(3)9(6-2)7-10-4/h5,8-10H,1,6-7H2,2-4H3. The molecule has 0 spiro atoms. The molecule has 10 heavy (non-hydrogen) atoms. The summed E-state index contributed by atoms with van der Waals surface area (Å²) in [4.78, 5) is 0. The van der Waals surface area contributed by atoms with Gasteiger partial charge in [0, 0.05) is 0 Å². The van der Waals surface area contributed by atoms with Crippen LogP contribution in [-0.2, 0) is 0 Å². The van der Waals surface area contributed by atoms with Crippen molar-refractivity contribution < 1.29 is 0 Å². The summed E-state index contributed by atoms with van der Waals surface area (Å²) in [5, 5.41) is 3.19. The van der Waals surface area contributed by atoms with Crippen molar-refractivity contribution in [1.29, 1.82) is 0 Å². The number of allylic oxidation sites excluding steroid dienone is 1. The van der Waals surface area contributed by atoms with Crippen LogP contribution in [0.2, 0.25) is 0 Å². The van der Waals surface area contributed by atoms with Gasteiger partial charge < -0.3 is 5.32 Å². The molecule has 0 amide bonds. The average Bonchev–Trinajstić information content (AvgIpc) is 1.99. The van der Waals surface area contributed by atoms with E-state index in [2.05, 4.69) is 25.7 Å². The average molecular weight is 141 g/mol. The maximum Gasteiger partial charge on any atom is -0.00181 e. The van der Waals surface area contributed by atoms with Crippen LogP contribution in [0.15, 0.2) is 12.7 Å². The van der Waals surface area contributed by atoms with Crippen molar-refractivity contribution in [2.75, 3.05) is 13.6 Å². The Bertz CT molecular complexity index is 88.7. The lowest BCUT2D eigenvalue weighted by Crippen LogP contribution is -2.22. The molecule has 0 saturated heterocycles. The maximum absolute atomic E-state index is 3.78. The monoisotopic (exact) mass is 141 g/mol. The van der Waals surface area contributed by atoms with Crippen LogP contribution in [-0.4, -0.2) is 13.6 Å². The molecule has 1 N–H and O–H groups in total. The fraction of sp³-hybridized carbons (Fsp3) is 0.778. The number of nitrogens with one attached hydrogen (secondary N) is 1. The van der Waals surface area contributed by atoms with E-state index in [9.17, 15) is 0 Å². The Labute approximate surface area is 64.5 Å². The summed E-state index contributed by atoms with van der Waals surface area (Å²) < 4.78 is 0. The van der Waals surface area contributed by atoms with Crippen molar-refractivity contribution in [3.05, 3.63) is 12.7 Å². The van der Waals surface area contributed by atoms with Gasteiger partial charge in [0.15, 0.2) is 0 Å². The Kier molecular flexibility index (Phi) is 5.32. The quantitative estimate of drug-likeness (QED) is 0.578. The number of rotatable bonds is 5. The maximum atomic E-state index is 3.78. The summed E-state index contributed by atoms with van der Waals surface area (Å²) in [7, 11) is 2.00. The highest BCUT2D eigenvalue weighted by molar-refractivity contribution is 4.81. The van der Waals surface area contributed by atoms with Gasteiger partial charge in [0.2, 0.25) is 0 Å². The Hall–Kier alpha value is -0.300. The molecule has 0 heterocycles. The predicted octanol–water partition coefficient (Wildman–Crippen LogP) is 2.05. The largest absolute Gasteiger partial charge is 0.319 e. The van der Waals surface area contributed by atoms with E-state index < -0.39 is 0 Å². The van der Waals surface area contributed by atoms with Crippen LogP contribution >= 0.6 is 0 Å². The van der Waals surface area contributed by atoms with Gasteiger partial charge in [0.25, 0.3) is 0 Å². The Morgan fingerprint density at radius 2 is 2.20 bits per heavy atom. The van der Waals surface area contributed by atoms with E-state index in [1.54, 1.807) is 0 Å². The second-order valence-corrected chi connectivity index (χ2v) is 2.82. The minimum Gasteiger partial charge on any atom is -0.319 e. The molecule has 2 unspecified atom stereocenters. The molecule has 0 bridgehead atoms. The van der Waals surface area contributed by atoms with Gasteiger partial charge in [0.05, 0.1) is 0 Å². The fourth-order valence-corrected chi connectivity index (χ4v) is 1.16. The molecule has 0 aliphatic carbocycles. The van der Waals surface area contributed by atoms with Gasteiger partial charge in [-0.2, -0.15) is 0 Å². The van der Waals surface area contributed by atoms with Gasteiger partial charge >= 0.3 is 0 Å². The first kappa shape index (κ1) is 9.70. The molecule has 0 fully saturated rings. The van der Waals surface area contributed by atoms with Gasteiger partial charge in [-0.15, -0.1) is 6.58 Å². The fourth-order valence-electron chi connectivity index (χ4n) is 1.16.